The summed E-state index contributed by atoms with van der Waals surface area (Å²) < 4.78 is 23.9. The van der Waals surface area contributed by atoms with Crippen molar-refractivity contribution in [2.75, 3.05) is 0 Å². The molecule has 0 saturated carbocycles. The summed E-state index contributed by atoms with van der Waals surface area (Å²) in [5, 5.41) is 6.33. The number of pyridine rings is 1. The highest BCUT2D eigenvalue weighted by atomic mass is 31.2. The van der Waals surface area contributed by atoms with Gasteiger partial charge in [-0.1, -0.05) is 0 Å². The molecule has 0 amide bonds. The molecule has 0 aromatic carbocycles. The summed E-state index contributed by atoms with van der Waals surface area (Å²) in [6.07, 6.45) is 2.52. The molecule has 0 spiro atoms. The Morgan fingerprint density at radius 1 is 1.21 bits per heavy atom. The van der Waals surface area contributed by atoms with Crippen LogP contribution in [0.3, 0.4) is 0 Å². The van der Waals surface area contributed by atoms with Gasteiger partial charge in [0.1, 0.15) is 7.05 Å². The first-order chi connectivity index (χ1) is 8.47. The van der Waals surface area contributed by atoms with Gasteiger partial charge in [-0.2, -0.15) is 0 Å². The van der Waals surface area contributed by atoms with E-state index >= 15 is 0 Å². The number of aliphatic hydroxyl groups is 1. The van der Waals surface area contributed by atoms with E-state index in [4.69, 9.17) is 19.6 Å². The molecule has 5 N–H and O–H groups in total. The molecule has 0 aliphatic rings. The zero-order valence-electron chi connectivity index (χ0n) is 10.1. The molecule has 1 heterocycles. The van der Waals surface area contributed by atoms with E-state index in [1.165, 1.54) is 0 Å². The topological polar surface area (TPSA) is 139 Å². The van der Waals surface area contributed by atoms with Crippen LogP contribution >= 0.6 is 15.2 Å². The number of hydrogen-bond acceptors (Lipinski definition) is 3. The van der Waals surface area contributed by atoms with E-state index in [-0.39, 0.29) is 6.42 Å². The summed E-state index contributed by atoms with van der Waals surface area (Å²) in [5.41, 5.74) is 0.588. The van der Waals surface area contributed by atoms with Crippen molar-refractivity contribution in [3.05, 3.63) is 30.1 Å². The molecular weight excluding hydrogens is 296 g/mol. The van der Waals surface area contributed by atoms with E-state index in [9.17, 15) is 14.2 Å². The van der Waals surface area contributed by atoms with E-state index < -0.39 is 26.7 Å². The molecule has 0 saturated heterocycles. The lowest BCUT2D eigenvalue weighted by Gasteiger charge is -2.28. The molecule has 1 aromatic heterocycles. The van der Waals surface area contributed by atoms with E-state index in [2.05, 4.69) is 0 Å². The summed E-state index contributed by atoms with van der Waals surface area (Å²) in [5.74, 6) is 0. The van der Waals surface area contributed by atoms with Crippen molar-refractivity contribution < 1.29 is 38.4 Å². The summed E-state index contributed by atoms with van der Waals surface area (Å²) in [7, 11) is -9.02. The lowest BCUT2D eigenvalue weighted by Crippen LogP contribution is -2.30. The molecule has 108 valence electrons. The first kappa shape index (κ1) is 16.5. The standard InChI is InChI=1S/C9H15NO7P2/c1-10-6-2-3-8(7-10)4-5-9(11,18(12,13)14)19(15,16)17/h2-3,6-7,11H,4-5H2,1H3,(H3-,12,13,14,15,16,17)/p+1. The molecule has 0 atom stereocenters. The SMILES string of the molecule is C[n+]1cccc(CCC(O)(P(=O)(O)O)P(=O)(O)O)c1. The number of hydrogen-bond donors (Lipinski definition) is 5. The maximum Gasteiger partial charge on any atom is 0.369 e. The Morgan fingerprint density at radius 2 is 1.74 bits per heavy atom. The zero-order chi connectivity index (χ0) is 14.9. The molecule has 1 aromatic rings. The summed E-state index contributed by atoms with van der Waals surface area (Å²) in [4.78, 5) is 35.9. The molecule has 10 heteroatoms. The summed E-state index contributed by atoms with van der Waals surface area (Å²) in [6.45, 7) is 0. The first-order valence-corrected chi connectivity index (χ1v) is 8.48. The predicted molar refractivity (Wildman–Crippen MR) is 65.0 cm³/mol. The van der Waals surface area contributed by atoms with Crippen LogP contribution in [0.5, 0.6) is 0 Å². The van der Waals surface area contributed by atoms with Crippen LogP contribution in [0.1, 0.15) is 12.0 Å². The van der Waals surface area contributed by atoms with Crippen LogP contribution < -0.4 is 4.57 Å². The average Bonchev–Trinajstić information content (AvgIpc) is 2.22. The Kier molecular flexibility index (Phi) is 4.70. The van der Waals surface area contributed by atoms with Gasteiger partial charge >= 0.3 is 15.2 Å². The monoisotopic (exact) mass is 312 g/mol. The van der Waals surface area contributed by atoms with Crippen LogP contribution in [0.15, 0.2) is 24.5 Å². The molecule has 0 bridgehead atoms. The van der Waals surface area contributed by atoms with Gasteiger partial charge in [0, 0.05) is 18.1 Å². The highest BCUT2D eigenvalue weighted by Gasteiger charge is 2.58. The van der Waals surface area contributed by atoms with Gasteiger partial charge in [0.25, 0.3) is 5.08 Å². The van der Waals surface area contributed by atoms with Gasteiger partial charge in [-0.05, 0) is 12.5 Å². The van der Waals surface area contributed by atoms with E-state index in [0.717, 1.165) is 0 Å². The van der Waals surface area contributed by atoms with Crippen molar-refractivity contribution >= 4 is 15.2 Å². The molecule has 0 aliphatic heterocycles. The van der Waals surface area contributed by atoms with Gasteiger partial charge < -0.3 is 24.7 Å². The minimum Gasteiger partial charge on any atom is -0.368 e. The molecule has 0 aliphatic carbocycles. The van der Waals surface area contributed by atoms with Crippen molar-refractivity contribution in [3.8, 4) is 0 Å². The van der Waals surface area contributed by atoms with Crippen molar-refractivity contribution in [1.29, 1.82) is 0 Å². The average molecular weight is 312 g/mol. The molecule has 0 radical (unpaired) electrons. The molecule has 0 unspecified atom stereocenters. The molecule has 1 rings (SSSR count). The minimum atomic E-state index is -5.37. The molecular formula is C9H16NO7P2+. The Hall–Kier alpha value is -0.590. The molecule has 8 nitrogen and oxygen atoms in total. The zero-order valence-corrected chi connectivity index (χ0v) is 11.9. The highest BCUT2D eigenvalue weighted by Crippen LogP contribution is 2.69. The quantitative estimate of drug-likeness (QED) is 0.363. The van der Waals surface area contributed by atoms with Gasteiger partial charge in [0.2, 0.25) is 0 Å². The Balaban J connectivity index is 2.99. The fraction of sp³-hybridized carbons (Fsp3) is 0.444. The van der Waals surface area contributed by atoms with Gasteiger partial charge in [-0.25, -0.2) is 4.57 Å². The number of aryl methyl sites for hydroxylation is 2. The van der Waals surface area contributed by atoms with Crippen LogP contribution in [-0.4, -0.2) is 29.8 Å². The Labute approximate surface area is 109 Å². The van der Waals surface area contributed by atoms with Crippen LogP contribution in [-0.2, 0) is 22.6 Å². The maximum atomic E-state index is 11.1. The normalized spacial score (nSPS) is 13.6. The van der Waals surface area contributed by atoms with Crippen LogP contribution in [0, 0.1) is 0 Å². The van der Waals surface area contributed by atoms with Crippen molar-refractivity contribution in [2.24, 2.45) is 7.05 Å². The molecule has 0 fully saturated rings. The Bertz CT molecular complexity index is 527. The Morgan fingerprint density at radius 3 is 2.16 bits per heavy atom. The van der Waals surface area contributed by atoms with Crippen LogP contribution in [0.25, 0.3) is 0 Å². The van der Waals surface area contributed by atoms with Crippen molar-refractivity contribution in [2.45, 2.75) is 17.9 Å². The lowest BCUT2D eigenvalue weighted by molar-refractivity contribution is -0.671. The third-order valence-electron chi connectivity index (χ3n) is 2.68. The second kappa shape index (κ2) is 5.42. The lowest BCUT2D eigenvalue weighted by atomic mass is 10.1. The third kappa shape index (κ3) is 3.70. The van der Waals surface area contributed by atoms with Crippen LogP contribution in [0.2, 0.25) is 0 Å². The van der Waals surface area contributed by atoms with Gasteiger partial charge in [0.15, 0.2) is 12.4 Å². The smallest absolute Gasteiger partial charge is 0.368 e. The number of nitrogens with zero attached hydrogens (tertiary/aromatic N) is 1. The summed E-state index contributed by atoms with van der Waals surface area (Å²) in [6, 6.07) is 3.29. The van der Waals surface area contributed by atoms with E-state index in [0.29, 0.717) is 5.56 Å². The second-order valence-corrected chi connectivity index (χ2v) is 8.25. The fourth-order valence-electron chi connectivity index (χ4n) is 1.57. The van der Waals surface area contributed by atoms with Crippen molar-refractivity contribution in [1.82, 2.24) is 0 Å². The number of aromatic nitrogens is 1. The van der Waals surface area contributed by atoms with Gasteiger partial charge in [-0.3, -0.25) is 9.13 Å². The summed E-state index contributed by atoms with van der Waals surface area (Å²) >= 11 is 0. The van der Waals surface area contributed by atoms with E-state index in [1.54, 1.807) is 36.1 Å². The van der Waals surface area contributed by atoms with Gasteiger partial charge in [0.05, 0.1) is 0 Å². The maximum absolute atomic E-state index is 11.1. The highest BCUT2D eigenvalue weighted by molar-refractivity contribution is 7.72. The number of rotatable bonds is 5. The second-order valence-electron chi connectivity index (χ2n) is 4.24. The largest absolute Gasteiger partial charge is 0.369 e. The van der Waals surface area contributed by atoms with Gasteiger partial charge in [-0.15, -0.1) is 0 Å². The van der Waals surface area contributed by atoms with E-state index in [1.807, 2.05) is 0 Å². The van der Waals surface area contributed by atoms with Crippen molar-refractivity contribution in [3.63, 3.8) is 0 Å². The first-order valence-electron chi connectivity index (χ1n) is 5.25. The third-order valence-corrected chi connectivity index (χ3v) is 6.56. The fourth-order valence-corrected chi connectivity index (χ4v) is 3.73. The minimum absolute atomic E-state index is 0.0819. The molecule has 19 heavy (non-hydrogen) atoms. The predicted octanol–water partition coefficient (Wildman–Crippen LogP) is -0.555. The van der Waals surface area contributed by atoms with Crippen LogP contribution in [0.4, 0.5) is 0 Å².